The van der Waals surface area contributed by atoms with Gasteiger partial charge in [-0.2, -0.15) is 0 Å². The van der Waals surface area contributed by atoms with Crippen LogP contribution in [0.15, 0.2) is 24.3 Å². The van der Waals surface area contributed by atoms with Crippen LogP contribution >= 0.6 is 0 Å². The Bertz CT molecular complexity index is 328. The second kappa shape index (κ2) is 3.96. The zero-order valence-electron chi connectivity index (χ0n) is 8.83. The molecular weight excluding hydrogens is 192 g/mol. The maximum Gasteiger partial charge on any atom is 0.293 e. The molecule has 1 radical (unpaired) electrons. The van der Waals surface area contributed by atoms with Crippen LogP contribution in [0.5, 0.6) is 0 Å². The highest BCUT2D eigenvalue weighted by molar-refractivity contribution is 6.85. The van der Waals surface area contributed by atoms with Gasteiger partial charge >= 0.3 is 0 Å². The SMILES string of the molecule is [CH2]C(=O)O[Si](C)(C)c1ccc(C)cc1. The minimum absolute atomic E-state index is 0.442. The summed E-state index contributed by atoms with van der Waals surface area (Å²) < 4.78 is 5.25. The van der Waals surface area contributed by atoms with E-state index in [2.05, 4.69) is 6.92 Å². The quantitative estimate of drug-likeness (QED) is 0.691. The Balaban J connectivity index is 2.91. The van der Waals surface area contributed by atoms with Crippen LogP contribution in [0.2, 0.25) is 13.1 Å². The van der Waals surface area contributed by atoms with Crippen LogP contribution in [-0.2, 0) is 9.22 Å². The van der Waals surface area contributed by atoms with E-state index in [1.807, 2.05) is 44.3 Å². The fraction of sp³-hybridized carbons (Fsp3) is 0.273. The third-order valence-electron chi connectivity index (χ3n) is 2.12. The molecule has 0 aliphatic rings. The number of benzene rings is 1. The molecule has 0 aliphatic heterocycles. The first-order valence-corrected chi connectivity index (χ1v) is 7.45. The molecule has 2 nitrogen and oxygen atoms in total. The molecule has 0 aromatic heterocycles. The topological polar surface area (TPSA) is 26.3 Å². The van der Waals surface area contributed by atoms with Crippen molar-refractivity contribution in [3.63, 3.8) is 0 Å². The van der Waals surface area contributed by atoms with E-state index in [0.717, 1.165) is 5.19 Å². The summed E-state index contributed by atoms with van der Waals surface area (Å²) in [5, 5.41) is 1.11. The highest BCUT2D eigenvalue weighted by Crippen LogP contribution is 2.06. The normalized spacial score (nSPS) is 11.1. The van der Waals surface area contributed by atoms with E-state index in [0.29, 0.717) is 0 Å². The third-order valence-corrected chi connectivity index (χ3v) is 4.58. The smallest absolute Gasteiger partial charge is 0.293 e. The maximum atomic E-state index is 10.8. The molecule has 14 heavy (non-hydrogen) atoms. The molecule has 0 fully saturated rings. The molecule has 0 saturated heterocycles. The van der Waals surface area contributed by atoms with Gasteiger partial charge in [0.1, 0.15) is 0 Å². The van der Waals surface area contributed by atoms with Crippen molar-refractivity contribution >= 4 is 19.5 Å². The van der Waals surface area contributed by atoms with Gasteiger partial charge in [0.2, 0.25) is 0 Å². The van der Waals surface area contributed by atoms with Crippen LogP contribution in [-0.4, -0.2) is 14.3 Å². The van der Waals surface area contributed by atoms with E-state index in [1.165, 1.54) is 5.56 Å². The summed E-state index contributed by atoms with van der Waals surface area (Å²) in [7, 11) is -2.08. The van der Waals surface area contributed by atoms with Crippen molar-refractivity contribution < 1.29 is 9.22 Å². The van der Waals surface area contributed by atoms with Crippen LogP contribution in [0.3, 0.4) is 0 Å². The average molecular weight is 207 g/mol. The maximum absolute atomic E-state index is 10.8. The lowest BCUT2D eigenvalue weighted by Crippen LogP contribution is -2.45. The predicted octanol–water partition coefficient (Wildman–Crippen LogP) is 1.78. The second-order valence-corrected chi connectivity index (χ2v) is 7.65. The number of rotatable bonds is 2. The van der Waals surface area contributed by atoms with Crippen LogP contribution in [0.1, 0.15) is 5.56 Å². The molecule has 0 saturated carbocycles. The largest absolute Gasteiger partial charge is 0.515 e. The van der Waals surface area contributed by atoms with Crippen molar-refractivity contribution in [2.24, 2.45) is 0 Å². The Morgan fingerprint density at radius 3 is 2.21 bits per heavy atom. The molecule has 0 spiro atoms. The molecule has 3 heteroatoms. The molecule has 1 aromatic rings. The summed E-state index contributed by atoms with van der Waals surface area (Å²) in [5.74, 6) is -0.442. The summed E-state index contributed by atoms with van der Waals surface area (Å²) >= 11 is 0. The van der Waals surface area contributed by atoms with Gasteiger partial charge in [-0.15, -0.1) is 0 Å². The summed E-state index contributed by atoms with van der Waals surface area (Å²) in [5.41, 5.74) is 1.21. The van der Waals surface area contributed by atoms with Gasteiger partial charge in [-0.1, -0.05) is 29.8 Å². The lowest BCUT2D eigenvalue weighted by Gasteiger charge is -2.22. The highest BCUT2D eigenvalue weighted by Gasteiger charge is 2.27. The number of hydrogen-bond acceptors (Lipinski definition) is 2. The molecule has 0 heterocycles. The zero-order valence-corrected chi connectivity index (χ0v) is 9.83. The van der Waals surface area contributed by atoms with Gasteiger partial charge in [0.15, 0.2) is 0 Å². The molecule has 0 N–H and O–H groups in total. The first-order chi connectivity index (χ1) is 6.42. The Hall–Kier alpha value is -1.09. The molecule has 75 valence electrons. The minimum atomic E-state index is -2.08. The van der Waals surface area contributed by atoms with Gasteiger partial charge in [-0.3, -0.25) is 4.79 Å². The van der Waals surface area contributed by atoms with Crippen LogP contribution in [0.4, 0.5) is 0 Å². The van der Waals surface area contributed by atoms with Crippen molar-refractivity contribution in [3.8, 4) is 0 Å². The van der Waals surface area contributed by atoms with Gasteiger partial charge in [-0.05, 0) is 25.2 Å². The van der Waals surface area contributed by atoms with Crippen molar-refractivity contribution in [1.82, 2.24) is 0 Å². The summed E-state index contributed by atoms with van der Waals surface area (Å²) in [6.45, 7) is 9.25. The summed E-state index contributed by atoms with van der Waals surface area (Å²) in [4.78, 5) is 10.8. The van der Waals surface area contributed by atoms with Crippen molar-refractivity contribution in [3.05, 3.63) is 36.8 Å². The van der Waals surface area contributed by atoms with Gasteiger partial charge in [0, 0.05) is 0 Å². The fourth-order valence-corrected chi connectivity index (χ4v) is 2.95. The number of carbonyl (C=O) groups is 1. The minimum Gasteiger partial charge on any atom is -0.515 e. The lowest BCUT2D eigenvalue weighted by molar-refractivity contribution is -0.129. The van der Waals surface area contributed by atoms with E-state index >= 15 is 0 Å². The van der Waals surface area contributed by atoms with Crippen molar-refractivity contribution in [1.29, 1.82) is 0 Å². The standard InChI is InChI=1S/C11H15O2Si/c1-9-5-7-11(8-6-9)14(3,4)13-10(2)12/h5-8H,2H2,1,3-4H3. The molecule has 0 unspecified atom stereocenters. The van der Waals surface area contributed by atoms with Gasteiger partial charge < -0.3 is 4.43 Å². The predicted molar refractivity (Wildman–Crippen MR) is 59.7 cm³/mol. The molecular formula is C11H15O2Si. The van der Waals surface area contributed by atoms with Gasteiger partial charge in [0.25, 0.3) is 14.3 Å². The molecule has 1 rings (SSSR count). The Kier molecular flexibility index (Phi) is 3.11. The average Bonchev–Trinajstić information content (AvgIpc) is 2.02. The molecule has 1 aromatic carbocycles. The first-order valence-electron chi connectivity index (χ1n) is 4.54. The Morgan fingerprint density at radius 1 is 1.29 bits per heavy atom. The van der Waals surface area contributed by atoms with Gasteiger partial charge in [-0.25, -0.2) is 0 Å². The molecule has 0 bridgehead atoms. The van der Waals surface area contributed by atoms with Crippen LogP contribution < -0.4 is 5.19 Å². The van der Waals surface area contributed by atoms with Crippen LogP contribution in [0.25, 0.3) is 0 Å². The second-order valence-electron chi connectivity index (χ2n) is 3.85. The lowest BCUT2D eigenvalue weighted by atomic mass is 10.2. The summed E-state index contributed by atoms with van der Waals surface area (Å²) in [6, 6.07) is 8.09. The molecule has 0 aliphatic carbocycles. The summed E-state index contributed by atoms with van der Waals surface area (Å²) in [6.07, 6.45) is 0. The van der Waals surface area contributed by atoms with E-state index in [9.17, 15) is 4.79 Å². The third kappa shape index (κ3) is 2.70. The van der Waals surface area contributed by atoms with E-state index < -0.39 is 14.3 Å². The van der Waals surface area contributed by atoms with Gasteiger partial charge in [0.05, 0.1) is 6.92 Å². The van der Waals surface area contributed by atoms with E-state index in [4.69, 9.17) is 4.43 Å². The van der Waals surface area contributed by atoms with E-state index in [1.54, 1.807) is 0 Å². The Labute approximate surface area is 86.0 Å². The van der Waals surface area contributed by atoms with Crippen LogP contribution in [0, 0.1) is 13.8 Å². The highest BCUT2D eigenvalue weighted by atomic mass is 28.4. The van der Waals surface area contributed by atoms with Crippen molar-refractivity contribution in [2.45, 2.75) is 20.0 Å². The molecule has 0 amide bonds. The molecule has 0 atom stereocenters. The Morgan fingerprint density at radius 2 is 1.79 bits per heavy atom. The number of carbonyl (C=O) groups excluding carboxylic acids is 1. The number of hydrogen-bond donors (Lipinski definition) is 0. The van der Waals surface area contributed by atoms with E-state index in [-0.39, 0.29) is 0 Å². The van der Waals surface area contributed by atoms with Crippen molar-refractivity contribution in [2.75, 3.05) is 0 Å². The fourth-order valence-electron chi connectivity index (χ4n) is 1.30. The monoisotopic (exact) mass is 207 g/mol. The number of aryl methyl sites for hydroxylation is 1. The first kappa shape index (κ1) is 11.0. The zero-order chi connectivity index (χ0) is 10.8.